The number of hydrogen-bond acceptors (Lipinski definition) is 4. The normalized spacial score (nSPS) is 14.7. The number of benzene rings is 3. The van der Waals surface area contributed by atoms with Crippen LogP contribution in [0.1, 0.15) is 74.1 Å². The summed E-state index contributed by atoms with van der Waals surface area (Å²) in [7, 11) is -3.82. The highest BCUT2D eigenvalue weighted by Gasteiger charge is 2.34. The molecule has 1 aliphatic carbocycles. The van der Waals surface area contributed by atoms with Gasteiger partial charge in [-0.25, -0.2) is 8.42 Å². The van der Waals surface area contributed by atoms with E-state index in [1.807, 2.05) is 87.5 Å². The molecule has 3 aromatic carbocycles. The van der Waals surface area contributed by atoms with Crippen molar-refractivity contribution in [1.82, 2.24) is 10.2 Å². The number of para-hydroxylation sites is 1. The number of hydrogen-bond donors (Lipinski definition) is 1. The van der Waals surface area contributed by atoms with E-state index in [0.717, 1.165) is 60.6 Å². The van der Waals surface area contributed by atoms with E-state index < -0.39 is 28.5 Å². The summed E-state index contributed by atoms with van der Waals surface area (Å²) >= 11 is 0. The zero-order chi connectivity index (χ0) is 31.0. The molecule has 0 aromatic heterocycles. The summed E-state index contributed by atoms with van der Waals surface area (Å²) in [5.41, 5.74) is 4.21. The van der Waals surface area contributed by atoms with Crippen molar-refractivity contribution in [1.29, 1.82) is 0 Å². The number of carbonyl (C=O) groups excluding carboxylic acids is 2. The third-order valence-corrected chi connectivity index (χ3v) is 9.33. The predicted octanol–water partition coefficient (Wildman–Crippen LogP) is 5.97. The van der Waals surface area contributed by atoms with Crippen molar-refractivity contribution in [3.63, 3.8) is 0 Å². The molecule has 0 aliphatic heterocycles. The van der Waals surface area contributed by atoms with Gasteiger partial charge in [0.1, 0.15) is 12.6 Å². The minimum absolute atomic E-state index is 0.0475. The second-order valence-electron chi connectivity index (χ2n) is 12.0. The predicted molar refractivity (Wildman–Crippen MR) is 173 cm³/mol. The fourth-order valence-electron chi connectivity index (χ4n) is 5.79. The smallest absolute Gasteiger partial charge is 0.244 e. The van der Waals surface area contributed by atoms with Crippen molar-refractivity contribution in [3.05, 3.63) is 101 Å². The van der Waals surface area contributed by atoms with Crippen molar-refractivity contribution in [3.8, 4) is 0 Å². The first-order valence-corrected chi connectivity index (χ1v) is 17.1. The molecule has 7 nitrogen and oxygen atoms in total. The maximum Gasteiger partial charge on any atom is 0.244 e. The van der Waals surface area contributed by atoms with Gasteiger partial charge in [0, 0.05) is 19.0 Å². The molecule has 0 spiro atoms. The van der Waals surface area contributed by atoms with Gasteiger partial charge in [0.2, 0.25) is 21.8 Å². The Morgan fingerprint density at radius 2 is 1.49 bits per heavy atom. The van der Waals surface area contributed by atoms with Gasteiger partial charge in [0.25, 0.3) is 0 Å². The van der Waals surface area contributed by atoms with Gasteiger partial charge in [-0.3, -0.25) is 13.9 Å². The van der Waals surface area contributed by atoms with E-state index in [1.165, 1.54) is 4.31 Å². The first-order valence-electron chi connectivity index (χ1n) is 15.3. The lowest BCUT2D eigenvalue weighted by Crippen LogP contribution is -2.55. The highest BCUT2D eigenvalue weighted by Crippen LogP contribution is 2.29. The fourth-order valence-corrected chi connectivity index (χ4v) is 6.65. The SMILES string of the molecule is Cc1ccc(CN(C(=O)CN(c2ccccc2C(C)C)S(C)(=O)=O)[C@H](Cc2ccccc2)C(=O)NC2CCCCC2)cc1. The Kier molecular flexibility index (Phi) is 11.0. The van der Waals surface area contributed by atoms with Crippen molar-refractivity contribution in [2.24, 2.45) is 0 Å². The van der Waals surface area contributed by atoms with E-state index in [0.29, 0.717) is 12.1 Å². The molecule has 0 unspecified atom stereocenters. The Morgan fingerprint density at radius 1 is 0.860 bits per heavy atom. The van der Waals surface area contributed by atoms with Crippen LogP contribution in [0.5, 0.6) is 0 Å². The first-order chi connectivity index (χ1) is 20.5. The number of nitrogens with one attached hydrogen (secondary N) is 1. The van der Waals surface area contributed by atoms with Crippen LogP contribution in [0, 0.1) is 6.92 Å². The molecule has 1 aliphatic rings. The number of aryl methyl sites for hydroxylation is 1. The van der Waals surface area contributed by atoms with Crippen LogP contribution in [-0.4, -0.2) is 50.0 Å². The van der Waals surface area contributed by atoms with Crippen LogP contribution in [0.4, 0.5) is 5.69 Å². The molecule has 1 N–H and O–H groups in total. The second-order valence-corrected chi connectivity index (χ2v) is 13.9. The maximum atomic E-state index is 14.4. The maximum absolute atomic E-state index is 14.4. The molecule has 3 aromatic rings. The summed E-state index contributed by atoms with van der Waals surface area (Å²) in [5, 5.41) is 3.24. The van der Waals surface area contributed by atoms with Gasteiger partial charge in [0.15, 0.2) is 0 Å². The lowest BCUT2D eigenvalue weighted by molar-refractivity contribution is -0.140. The molecule has 8 heteroatoms. The number of sulfonamides is 1. The van der Waals surface area contributed by atoms with Gasteiger partial charge in [-0.1, -0.05) is 111 Å². The van der Waals surface area contributed by atoms with Crippen LogP contribution in [-0.2, 0) is 32.6 Å². The van der Waals surface area contributed by atoms with Crippen LogP contribution in [0.3, 0.4) is 0 Å². The van der Waals surface area contributed by atoms with Gasteiger partial charge >= 0.3 is 0 Å². The Morgan fingerprint density at radius 3 is 2.12 bits per heavy atom. The molecule has 43 heavy (non-hydrogen) atoms. The van der Waals surface area contributed by atoms with Gasteiger partial charge in [-0.2, -0.15) is 0 Å². The quantitative estimate of drug-likeness (QED) is 0.276. The molecule has 4 rings (SSSR count). The molecule has 0 radical (unpaired) electrons. The van der Waals surface area contributed by atoms with Crippen LogP contribution >= 0.6 is 0 Å². The lowest BCUT2D eigenvalue weighted by Gasteiger charge is -2.35. The number of anilines is 1. The molecule has 0 heterocycles. The Hall–Kier alpha value is -3.65. The monoisotopic (exact) mass is 603 g/mol. The third-order valence-electron chi connectivity index (χ3n) is 8.20. The molecule has 2 amide bonds. The number of rotatable bonds is 12. The van der Waals surface area contributed by atoms with E-state index in [1.54, 1.807) is 17.0 Å². The molecule has 1 saturated carbocycles. The summed E-state index contributed by atoms with van der Waals surface area (Å²) < 4.78 is 27.6. The molecular formula is C35H45N3O4S. The molecule has 1 atom stereocenters. The average molecular weight is 604 g/mol. The minimum Gasteiger partial charge on any atom is -0.352 e. The van der Waals surface area contributed by atoms with E-state index in [9.17, 15) is 18.0 Å². The van der Waals surface area contributed by atoms with Crippen LogP contribution in [0.15, 0.2) is 78.9 Å². The number of amides is 2. The molecule has 0 bridgehead atoms. The molecule has 1 fully saturated rings. The van der Waals surface area contributed by atoms with Crippen LogP contribution in [0.2, 0.25) is 0 Å². The summed E-state index contributed by atoms with van der Waals surface area (Å²) in [5.74, 6) is -0.583. The average Bonchev–Trinajstić information content (AvgIpc) is 2.99. The molecule has 0 saturated heterocycles. The van der Waals surface area contributed by atoms with Gasteiger partial charge in [-0.05, 0) is 48.4 Å². The Labute approximate surface area is 257 Å². The summed E-state index contributed by atoms with van der Waals surface area (Å²) in [6.45, 7) is 5.76. The van der Waals surface area contributed by atoms with E-state index in [2.05, 4.69) is 5.32 Å². The number of carbonyl (C=O) groups is 2. The van der Waals surface area contributed by atoms with Gasteiger partial charge < -0.3 is 10.2 Å². The lowest BCUT2D eigenvalue weighted by atomic mass is 9.94. The van der Waals surface area contributed by atoms with Crippen molar-refractivity contribution in [2.75, 3.05) is 17.1 Å². The Balaban J connectivity index is 1.74. The zero-order valence-corrected chi connectivity index (χ0v) is 26.6. The highest BCUT2D eigenvalue weighted by atomic mass is 32.2. The van der Waals surface area contributed by atoms with Gasteiger partial charge in [0.05, 0.1) is 11.9 Å². The third kappa shape index (κ3) is 8.92. The second kappa shape index (κ2) is 14.7. The van der Waals surface area contributed by atoms with Gasteiger partial charge in [-0.15, -0.1) is 0 Å². The van der Waals surface area contributed by atoms with Crippen molar-refractivity contribution >= 4 is 27.5 Å². The van der Waals surface area contributed by atoms with E-state index >= 15 is 0 Å². The van der Waals surface area contributed by atoms with Crippen molar-refractivity contribution in [2.45, 2.75) is 83.8 Å². The van der Waals surface area contributed by atoms with E-state index in [4.69, 9.17) is 0 Å². The number of nitrogens with zero attached hydrogens (tertiary/aromatic N) is 2. The first kappa shape index (κ1) is 32.3. The summed E-state index contributed by atoms with van der Waals surface area (Å²) in [6.07, 6.45) is 6.58. The molecule has 230 valence electrons. The van der Waals surface area contributed by atoms with Crippen molar-refractivity contribution < 1.29 is 18.0 Å². The minimum atomic E-state index is -3.82. The zero-order valence-electron chi connectivity index (χ0n) is 25.8. The van der Waals surface area contributed by atoms with Crippen LogP contribution < -0.4 is 9.62 Å². The summed E-state index contributed by atoms with van der Waals surface area (Å²) in [6, 6.07) is 24.1. The van der Waals surface area contributed by atoms with E-state index in [-0.39, 0.29) is 24.4 Å². The Bertz CT molecular complexity index is 1470. The topological polar surface area (TPSA) is 86.8 Å². The molecular weight excluding hydrogens is 558 g/mol. The largest absolute Gasteiger partial charge is 0.352 e. The highest BCUT2D eigenvalue weighted by molar-refractivity contribution is 7.92. The fraction of sp³-hybridized carbons (Fsp3) is 0.429. The van der Waals surface area contributed by atoms with Crippen LogP contribution in [0.25, 0.3) is 0 Å². The summed E-state index contributed by atoms with van der Waals surface area (Å²) in [4.78, 5) is 30.0. The standard InChI is InChI=1S/C35H45N3O4S/c1-26(2)31-17-11-12-18-32(31)38(43(4,41)42)25-34(39)37(24-29-21-19-27(3)20-22-29)33(23-28-13-7-5-8-14-28)35(40)36-30-15-9-6-10-16-30/h5,7-8,11-14,17-22,26,30,33H,6,9-10,15-16,23-25H2,1-4H3,(H,36,40)/t33-/m1/s1.